The van der Waals surface area contributed by atoms with Crippen LogP contribution in [0.25, 0.3) is 0 Å². The summed E-state index contributed by atoms with van der Waals surface area (Å²) in [5, 5.41) is 3.05. The molecule has 1 rings (SSSR count). The largest absolute Gasteiger partial charge is 0.496 e. The number of para-hydroxylation sites is 1. The fourth-order valence-corrected chi connectivity index (χ4v) is 1.31. The quantitative estimate of drug-likeness (QED) is 0.612. The zero-order valence-corrected chi connectivity index (χ0v) is 9.27. The first-order chi connectivity index (χ1) is 7.65. The standard InChI is InChI=1S/C11H17N3O2/c1-16-10-5-3-2-4-8(10)6-14-7-9(12)11(13)15/h2-5,9,14H,6-7,12H2,1H3,(H2,13,15). The topological polar surface area (TPSA) is 90.4 Å². The molecule has 1 aromatic carbocycles. The maximum absolute atomic E-state index is 10.7. The van der Waals surface area contributed by atoms with Gasteiger partial charge in [-0.15, -0.1) is 0 Å². The van der Waals surface area contributed by atoms with E-state index < -0.39 is 11.9 Å². The molecule has 0 saturated heterocycles. The molecule has 5 nitrogen and oxygen atoms in total. The number of amides is 1. The van der Waals surface area contributed by atoms with E-state index >= 15 is 0 Å². The van der Waals surface area contributed by atoms with Crippen LogP contribution < -0.4 is 21.5 Å². The number of hydrogen-bond donors (Lipinski definition) is 3. The SMILES string of the molecule is COc1ccccc1CNCC(N)C(N)=O. The summed E-state index contributed by atoms with van der Waals surface area (Å²) in [7, 11) is 1.62. The van der Waals surface area contributed by atoms with Gasteiger partial charge in [0.25, 0.3) is 0 Å². The van der Waals surface area contributed by atoms with Gasteiger partial charge in [0.15, 0.2) is 0 Å². The van der Waals surface area contributed by atoms with Crippen LogP contribution in [0.4, 0.5) is 0 Å². The Morgan fingerprint density at radius 1 is 1.50 bits per heavy atom. The summed E-state index contributed by atoms with van der Waals surface area (Å²) in [4.78, 5) is 10.7. The highest BCUT2D eigenvalue weighted by Gasteiger charge is 2.08. The zero-order chi connectivity index (χ0) is 12.0. The molecule has 0 bridgehead atoms. The number of nitrogens with one attached hydrogen (secondary N) is 1. The van der Waals surface area contributed by atoms with Crippen molar-refractivity contribution in [2.45, 2.75) is 12.6 Å². The van der Waals surface area contributed by atoms with E-state index in [4.69, 9.17) is 16.2 Å². The van der Waals surface area contributed by atoms with E-state index in [9.17, 15) is 4.79 Å². The number of primary amides is 1. The molecular formula is C11H17N3O2. The molecule has 5 N–H and O–H groups in total. The molecule has 16 heavy (non-hydrogen) atoms. The fraction of sp³-hybridized carbons (Fsp3) is 0.364. The summed E-state index contributed by atoms with van der Waals surface area (Å²) >= 11 is 0. The molecule has 1 atom stereocenters. The van der Waals surface area contributed by atoms with Crippen molar-refractivity contribution in [3.8, 4) is 5.75 Å². The summed E-state index contributed by atoms with van der Waals surface area (Å²) in [5.41, 5.74) is 11.5. The van der Waals surface area contributed by atoms with Gasteiger partial charge >= 0.3 is 0 Å². The van der Waals surface area contributed by atoms with Crippen LogP contribution in [-0.4, -0.2) is 25.6 Å². The zero-order valence-electron chi connectivity index (χ0n) is 9.27. The molecule has 0 fully saturated rings. The van der Waals surface area contributed by atoms with Gasteiger partial charge in [0.1, 0.15) is 5.75 Å². The molecule has 0 aliphatic heterocycles. The highest BCUT2D eigenvalue weighted by Crippen LogP contribution is 2.16. The summed E-state index contributed by atoms with van der Waals surface area (Å²) in [6.07, 6.45) is 0. The Kier molecular flexibility index (Phi) is 4.75. The van der Waals surface area contributed by atoms with Crippen molar-refractivity contribution in [1.29, 1.82) is 0 Å². The van der Waals surface area contributed by atoms with E-state index in [1.807, 2.05) is 24.3 Å². The first-order valence-corrected chi connectivity index (χ1v) is 5.02. The number of carbonyl (C=O) groups excluding carboxylic acids is 1. The minimum Gasteiger partial charge on any atom is -0.496 e. The van der Waals surface area contributed by atoms with Crippen LogP contribution in [0.5, 0.6) is 5.75 Å². The van der Waals surface area contributed by atoms with Gasteiger partial charge in [-0.25, -0.2) is 0 Å². The van der Waals surface area contributed by atoms with Gasteiger partial charge in [-0.2, -0.15) is 0 Å². The summed E-state index contributed by atoms with van der Waals surface area (Å²) in [5.74, 6) is 0.301. The van der Waals surface area contributed by atoms with Gasteiger partial charge in [-0.05, 0) is 6.07 Å². The lowest BCUT2D eigenvalue weighted by atomic mass is 10.2. The minimum absolute atomic E-state index is 0.355. The van der Waals surface area contributed by atoms with Crippen molar-refractivity contribution in [3.63, 3.8) is 0 Å². The molecule has 1 unspecified atom stereocenters. The first-order valence-electron chi connectivity index (χ1n) is 5.02. The lowest BCUT2D eigenvalue weighted by Crippen LogP contribution is -2.44. The summed E-state index contributed by atoms with van der Waals surface area (Å²) in [6, 6.07) is 6.99. The monoisotopic (exact) mass is 223 g/mol. The Labute approximate surface area is 94.8 Å². The van der Waals surface area contributed by atoms with Gasteiger partial charge in [0.2, 0.25) is 5.91 Å². The number of carbonyl (C=O) groups is 1. The molecular weight excluding hydrogens is 206 g/mol. The van der Waals surface area contributed by atoms with Crippen molar-refractivity contribution >= 4 is 5.91 Å². The minimum atomic E-state index is -0.658. The molecule has 0 spiro atoms. The molecule has 1 aromatic rings. The second-order valence-electron chi connectivity index (χ2n) is 3.45. The highest BCUT2D eigenvalue weighted by molar-refractivity contribution is 5.79. The van der Waals surface area contributed by atoms with Crippen molar-refractivity contribution < 1.29 is 9.53 Å². The fourth-order valence-electron chi connectivity index (χ4n) is 1.31. The predicted molar refractivity (Wildman–Crippen MR) is 61.9 cm³/mol. The van der Waals surface area contributed by atoms with E-state index in [0.717, 1.165) is 11.3 Å². The van der Waals surface area contributed by atoms with Gasteiger partial charge < -0.3 is 21.5 Å². The third-order valence-electron chi connectivity index (χ3n) is 2.24. The molecule has 0 aliphatic carbocycles. The van der Waals surface area contributed by atoms with Crippen molar-refractivity contribution in [3.05, 3.63) is 29.8 Å². The Bertz CT molecular complexity index is 355. The van der Waals surface area contributed by atoms with Crippen LogP contribution in [0.1, 0.15) is 5.56 Å². The lowest BCUT2D eigenvalue weighted by Gasteiger charge is -2.11. The molecule has 0 heterocycles. The maximum atomic E-state index is 10.7. The van der Waals surface area contributed by atoms with Crippen LogP contribution in [0, 0.1) is 0 Å². The smallest absolute Gasteiger partial charge is 0.235 e. The van der Waals surface area contributed by atoms with Gasteiger partial charge in [-0.3, -0.25) is 4.79 Å². The number of ether oxygens (including phenoxy) is 1. The van der Waals surface area contributed by atoms with Gasteiger partial charge in [-0.1, -0.05) is 18.2 Å². The summed E-state index contributed by atoms with van der Waals surface area (Å²) in [6.45, 7) is 0.943. The average Bonchev–Trinajstić information content (AvgIpc) is 2.29. The first kappa shape index (κ1) is 12.5. The molecule has 88 valence electrons. The Morgan fingerprint density at radius 2 is 2.19 bits per heavy atom. The Hall–Kier alpha value is -1.59. The molecule has 5 heteroatoms. The van der Waals surface area contributed by atoms with Crippen molar-refractivity contribution in [2.24, 2.45) is 11.5 Å². The number of nitrogens with two attached hydrogens (primary N) is 2. The van der Waals surface area contributed by atoms with E-state index in [2.05, 4.69) is 5.32 Å². The second-order valence-corrected chi connectivity index (χ2v) is 3.45. The van der Waals surface area contributed by atoms with Crippen LogP contribution >= 0.6 is 0 Å². The number of rotatable bonds is 6. The van der Waals surface area contributed by atoms with Crippen LogP contribution in [0.3, 0.4) is 0 Å². The highest BCUT2D eigenvalue weighted by atomic mass is 16.5. The third kappa shape index (κ3) is 3.52. The van der Waals surface area contributed by atoms with Crippen molar-refractivity contribution in [1.82, 2.24) is 5.32 Å². The Morgan fingerprint density at radius 3 is 2.81 bits per heavy atom. The average molecular weight is 223 g/mol. The molecule has 0 saturated carbocycles. The van der Waals surface area contributed by atoms with Gasteiger partial charge in [0.05, 0.1) is 13.2 Å². The normalized spacial score (nSPS) is 12.1. The lowest BCUT2D eigenvalue weighted by molar-refractivity contribution is -0.119. The Balaban J connectivity index is 2.45. The van der Waals surface area contributed by atoms with Gasteiger partial charge in [0, 0.05) is 18.7 Å². The number of methoxy groups -OCH3 is 1. The number of hydrogen-bond acceptors (Lipinski definition) is 4. The molecule has 1 amide bonds. The predicted octanol–water partition coefficient (Wildman–Crippen LogP) is -0.403. The van der Waals surface area contributed by atoms with E-state index in [-0.39, 0.29) is 0 Å². The summed E-state index contributed by atoms with van der Waals surface area (Å²) < 4.78 is 5.19. The molecule has 0 radical (unpaired) electrons. The van der Waals surface area contributed by atoms with E-state index in [1.165, 1.54) is 0 Å². The molecule has 0 aromatic heterocycles. The third-order valence-corrected chi connectivity index (χ3v) is 2.24. The van der Waals surface area contributed by atoms with Crippen LogP contribution in [0.2, 0.25) is 0 Å². The van der Waals surface area contributed by atoms with E-state index in [0.29, 0.717) is 13.1 Å². The van der Waals surface area contributed by atoms with Crippen LogP contribution in [0.15, 0.2) is 24.3 Å². The number of benzene rings is 1. The van der Waals surface area contributed by atoms with Crippen molar-refractivity contribution in [2.75, 3.05) is 13.7 Å². The maximum Gasteiger partial charge on any atom is 0.235 e. The molecule has 0 aliphatic rings. The second kappa shape index (κ2) is 6.09. The van der Waals surface area contributed by atoms with Crippen LogP contribution in [-0.2, 0) is 11.3 Å². The van der Waals surface area contributed by atoms with E-state index in [1.54, 1.807) is 7.11 Å².